The van der Waals surface area contributed by atoms with Crippen molar-refractivity contribution in [3.8, 4) is 0 Å². The highest BCUT2D eigenvalue weighted by Crippen LogP contribution is 2.32. The Morgan fingerprint density at radius 3 is 2.73 bits per heavy atom. The minimum Gasteiger partial charge on any atom is -0.381 e. The molecule has 1 aromatic rings. The van der Waals surface area contributed by atoms with Gasteiger partial charge in [-0.05, 0) is 26.3 Å². The lowest BCUT2D eigenvalue weighted by molar-refractivity contribution is 0.540. The van der Waals surface area contributed by atoms with Gasteiger partial charge in [0.25, 0.3) is 0 Å². The molecule has 0 aromatic heterocycles. The molecule has 15 heavy (non-hydrogen) atoms. The molecule has 0 spiro atoms. The summed E-state index contributed by atoms with van der Waals surface area (Å²) in [4.78, 5) is 0. The molecule has 0 bridgehead atoms. The summed E-state index contributed by atoms with van der Waals surface area (Å²) in [6.45, 7) is 4.69. The summed E-state index contributed by atoms with van der Waals surface area (Å²) >= 11 is 0. The van der Waals surface area contributed by atoms with Crippen molar-refractivity contribution in [2.24, 2.45) is 0 Å². The molecule has 0 fully saturated rings. The van der Waals surface area contributed by atoms with Crippen molar-refractivity contribution in [1.82, 2.24) is 0 Å². The highest BCUT2D eigenvalue weighted by molar-refractivity contribution is 5.71. The van der Waals surface area contributed by atoms with Gasteiger partial charge in [-0.2, -0.15) is 0 Å². The molecule has 2 N–H and O–H groups in total. The van der Waals surface area contributed by atoms with Gasteiger partial charge in [-0.3, -0.25) is 0 Å². The van der Waals surface area contributed by atoms with E-state index < -0.39 is 11.6 Å². The molecule has 1 aliphatic heterocycles. The van der Waals surface area contributed by atoms with Crippen LogP contribution in [0, 0.1) is 11.6 Å². The first-order valence-corrected chi connectivity index (χ1v) is 4.99. The smallest absolute Gasteiger partial charge is 0.151 e. The summed E-state index contributed by atoms with van der Waals surface area (Å²) in [5.41, 5.74) is 0.704. The van der Waals surface area contributed by atoms with Crippen LogP contribution in [0.25, 0.3) is 0 Å². The fourth-order valence-electron chi connectivity index (χ4n) is 1.78. The fourth-order valence-corrected chi connectivity index (χ4v) is 1.78. The molecule has 4 heteroatoms. The first kappa shape index (κ1) is 10.2. The minimum absolute atomic E-state index is 0.154. The van der Waals surface area contributed by atoms with Crippen molar-refractivity contribution in [3.05, 3.63) is 23.8 Å². The van der Waals surface area contributed by atoms with Gasteiger partial charge in [0, 0.05) is 18.2 Å². The van der Waals surface area contributed by atoms with Crippen molar-refractivity contribution >= 4 is 11.4 Å². The standard InChI is InChI=1S/C11H14F2N2/c1-11(2)3-4-14-10-8(13)5-7(12)6-9(10)15-11/h5-6,14-15H,3-4H2,1-2H3. The zero-order valence-electron chi connectivity index (χ0n) is 8.82. The van der Waals surface area contributed by atoms with Crippen LogP contribution >= 0.6 is 0 Å². The van der Waals surface area contributed by atoms with Gasteiger partial charge in [-0.15, -0.1) is 0 Å². The summed E-state index contributed by atoms with van der Waals surface area (Å²) in [6.07, 6.45) is 0.850. The van der Waals surface area contributed by atoms with Crippen molar-refractivity contribution in [1.29, 1.82) is 0 Å². The summed E-state index contributed by atoms with van der Waals surface area (Å²) in [6, 6.07) is 2.21. The van der Waals surface area contributed by atoms with Crippen LogP contribution in [0.1, 0.15) is 20.3 Å². The monoisotopic (exact) mass is 212 g/mol. The SMILES string of the molecule is CC1(C)CCNc2c(F)cc(F)cc2N1. The zero-order valence-corrected chi connectivity index (χ0v) is 8.82. The Hall–Kier alpha value is -1.32. The first-order chi connectivity index (χ1) is 6.98. The maximum absolute atomic E-state index is 13.4. The first-order valence-electron chi connectivity index (χ1n) is 4.99. The third kappa shape index (κ3) is 2.03. The Bertz CT molecular complexity index is 388. The van der Waals surface area contributed by atoms with Crippen LogP contribution in [-0.2, 0) is 0 Å². The average molecular weight is 212 g/mol. The highest BCUT2D eigenvalue weighted by Gasteiger charge is 2.24. The molecule has 1 aromatic carbocycles. The molecule has 0 unspecified atom stereocenters. The number of hydrogen-bond acceptors (Lipinski definition) is 2. The van der Waals surface area contributed by atoms with Crippen LogP contribution in [0.4, 0.5) is 20.2 Å². The quantitative estimate of drug-likeness (QED) is 0.690. The number of nitrogens with one attached hydrogen (secondary N) is 2. The molecule has 2 nitrogen and oxygen atoms in total. The van der Waals surface area contributed by atoms with Crippen LogP contribution in [0.15, 0.2) is 12.1 Å². The van der Waals surface area contributed by atoms with E-state index in [0.29, 0.717) is 17.9 Å². The second kappa shape index (κ2) is 3.36. The lowest BCUT2D eigenvalue weighted by atomic mass is 10.0. The molecule has 2 rings (SSSR count). The van der Waals surface area contributed by atoms with E-state index in [0.717, 1.165) is 12.5 Å². The van der Waals surface area contributed by atoms with Crippen LogP contribution < -0.4 is 10.6 Å². The maximum atomic E-state index is 13.4. The van der Waals surface area contributed by atoms with Crippen LogP contribution in [0.5, 0.6) is 0 Å². The Labute approximate surface area is 87.7 Å². The molecule has 1 heterocycles. The van der Waals surface area contributed by atoms with Gasteiger partial charge in [0.1, 0.15) is 5.82 Å². The van der Waals surface area contributed by atoms with Gasteiger partial charge >= 0.3 is 0 Å². The summed E-state index contributed by atoms with van der Waals surface area (Å²) in [5.74, 6) is -1.10. The van der Waals surface area contributed by atoms with Crippen molar-refractivity contribution in [3.63, 3.8) is 0 Å². The van der Waals surface area contributed by atoms with E-state index in [1.54, 1.807) is 0 Å². The Balaban J connectivity index is 2.47. The van der Waals surface area contributed by atoms with E-state index in [-0.39, 0.29) is 5.54 Å². The molecule has 0 aliphatic carbocycles. The second-order valence-electron chi connectivity index (χ2n) is 4.50. The average Bonchev–Trinajstić information content (AvgIpc) is 2.21. The maximum Gasteiger partial charge on any atom is 0.151 e. The van der Waals surface area contributed by atoms with Crippen molar-refractivity contribution < 1.29 is 8.78 Å². The topological polar surface area (TPSA) is 24.1 Å². The van der Waals surface area contributed by atoms with E-state index >= 15 is 0 Å². The minimum atomic E-state index is -0.557. The number of fused-ring (bicyclic) bond motifs is 1. The van der Waals surface area contributed by atoms with Crippen LogP contribution in [-0.4, -0.2) is 12.1 Å². The second-order valence-corrected chi connectivity index (χ2v) is 4.50. The normalized spacial score (nSPS) is 18.4. The molecule has 0 atom stereocenters. The molecule has 0 saturated carbocycles. The molecular formula is C11H14F2N2. The Kier molecular flexibility index (Phi) is 2.29. The highest BCUT2D eigenvalue weighted by atomic mass is 19.1. The summed E-state index contributed by atoms with van der Waals surface area (Å²) < 4.78 is 26.5. The van der Waals surface area contributed by atoms with E-state index in [1.807, 2.05) is 13.8 Å². The number of rotatable bonds is 0. The van der Waals surface area contributed by atoms with Crippen LogP contribution in [0.3, 0.4) is 0 Å². The number of halogens is 2. The molecule has 0 saturated heterocycles. The third-order valence-corrected chi connectivity index (χ3v) is 2.58. The molecule has 0 radical (unpaired) electrons. The van der Waals surface area contributed by atoms with Gasteiger partial charge in [-0.25, -0.2) is 8.78 Å². The third-order valence-electron chi connectivity index (χ3n) is 2.58. The predicted molar refractivity (Wildman–Crippen MR) is 57.2 cm³/mol. The number of anilines is 2. The molecular weight excluding hydrogens is 198 g/mol. The molecule has 1 aliphatic rings. The zero-order chi connectivity index (χ0) is 11.1. The lowest BCUT2D eigenvalue weighted by Crippen LogP contribution is -2.30. The predicted octanol–water partition coefficient (Wildman–Crippen LogP) is 2.97. The van der Waals surface area contributed by atoms with Gasteiger partial charge in [-0.1, -0.05) is 0 Å². The largest absolute Gasteiger partial charge is 0.381 e. The lowest BCUT2D eigenvalue weighted by Gasteiger charge is -2.25. The number of benzene rings is 1. The summed E-state index contributed by atoms with van der Waals surface area (Å²) in [5, 5.41) is 6.11. The van der Waals surface area contributed by atoms with Gasteiger partial charge in [0.05, 0.1) is 11.4 Å². The van der Waals surface area contributed by atoms with Gasteiger partial charge in [0.2, 0.25) is 0 Å². The Morgan fingerprint density at radius 1 is 1.27 bits per heavy atom. The van der Waals surface area contributed by atoms with E-state index in [1.165, 1.54) is 6.07 Å². The fraction of sp³-hybridized carbons (Fsp3) is 0.455. The Morgan fingerprint density at radius 2 is 2.00 bits per heavy atom. The van der Waals surface area contributed by atoms with Crippen molar-refractivity contribution in [2.45, 2.75) is 25.8 Å². The van der Waals surface area contributed by atoms with E-state index in [4.69, 9.17) is 0 Å². The van der Waals surface area contributed by atoms with Crippen molar-refractivity contribution in [2.75, 3.05) is 17.2 Å². The van der Waals surface area contributed by atoms with E-state index in [2.05, 4.69) is 10.6 Å². The summed E-state index contributed by atoms with van der Waals surface area (Å²) in [7, 11) is 0. The van der Waals surface area contributed by atoms with Gasteiger partial charge in [0.15, 0.2) is 5.82 Å². The molecule has 82 valence electrons. The molecule has 0 amide bonds. The van der Waals surface area contributed by atoms with Gasteiger partial charge < -0.3 is 10.6 Å². The van der Waals surface area contributed by atoms with Crippen LogP contribution in [0.2, 0.25) is 0 Å². The number of hydrogen-bond donors (Lipinski definition) is 2. The van der Waals surface area contributed by atoms with E-state index in [9.17, 15) is 8.78 Å².